The van der Waals surface area contributed by atoms with Gasteiger partial charge in [-0.3, -0.25) is 4.90 Å². The van der Waals surface area contributed by atoms with Gasteiger partial charge in [-0.15, -0.1) is 0 Å². The van der Waals surface area contributed by atoms with Crippen LogP contribution in [0.4, 0.5) is 4.79 Å². The molecular weight excluding hydrogens is 302 g/mol. The van der Waals surface area contributed by atoms with Crippen LogP contribution in [0.2, 0.25) is 0 Å². The Hall–Kier alpha value is -2.49. The SMILES string of the molecule is O=C(OCc1ccccc1)N1C2C=C(c3ccco3)CC1CCC2. The minimum absolute atomic E-state index is 0.112. The summed E-state index contributed by atoms with van der Waals surface area (Å²) in [5.74, 6) is 0.921. The summed E-state index contributed by atoms with van der Waals surface area (Å²) in [4.78, 5) is 14.6. The minimum Gasteiger partial charge on any atom is -0.465 e. The number of fused-ring (bicyclic) bond motifs is 2. The van der Waals surface area contributed by atoms with E-state index in [1.807, 2.05) is 47.4 Å². The van der Waals surface area contributed by atoms with Crippen LogP contribution in [0.5, 0.6) is 0 Å². The number of benzene rings is 1. The van der Waals surface area contributed by atoms with Gasteiger partial charge in [0.25, 0.3) is 0 Å². The highest BCUT2D eigenvalue weighted by Crippen LogP contribution is 2.37. The Labute approximate surface area is 141 Å². The number of furan rings is 1. The molecule has 2 unspecified atom stereocenters. The summed E-state index contributed by atoms with van der Waals surface area (Å²) in [7, 11) is 0. The van der Waals surface area contributed by atoms with Crippen molar-refractivity contribution in [3.8, 4) is 0 Å². The fourth-order valence-corrected chi connectivity index (χ4v) is 3.75. The summed E-state index contributed by atoms with van der Waals surface area (Å²) >= 11 is 0. The lowest BCUT2D eigenvalue weighted by Crippen LogP contribution is -2.51. The van der Waals surface area contributed by atoms with E-state index in [0.29, 0.717) is 6.61 Å². The molecule has 0 N–H and O–H groups in total. The van der Waals surface area contributed by atoms with Crippen molar-refractivity contribution < 1.29 is 13.9 Å². The van der Waals surface area contributed by atoms with Crippen LogP contribution in [-0.4, -0.2) is 23.1 Å². The van der Waals surface area contributed by atoms with Gasteiger partial charge in [-0.2, -0.15) is 0 Å². The lowest BCUT2D eigenvalue weighted by Gasteiger charge is -2.43. The minimum atomic E-state index is -0.205. The van der Waals surface area contributed by atoms with Gasteiger partial charge in [0.15, 0.2) is 0 Å². The highest BCUT2D eigenvalue weighted by molar-refractivity contribution is 5.73. The first-order valence-corrected chi connectivity index (χ1v) is 8.55. The first-order chi connectivity index (χ1) is 11.8. The van der Waals surface area contributed by atoms with Crippen molar-refractivity contribution in [1.29, 1.82) is 0 Å². The first kappa shape index (κ1) is 15.1. The van der Waals surface area contributed by atoms with Gasteiger partial charge in [0.2, 0.25) is 0 Å². The molecule has 2 aromatic rings. The summed E-state index contributed by atoms with van der Waals surface area (Å²) < 4.78 is 11.1. The van der Waals surface area contributed by atoms with E-state index in [9.17, 15) is 4.79 Å². The Morgan fingerprint density at radius 3 is 2.79 bits per heavy atom. The maximum Gasteiger partial charge on any atom is 0.410 e. The number of ether oxygens (including phenoxy) is 1. The van der Waals surface area contributed by atoms with E-state index >= 15 is 0 Å². The monoisotopic (exact) mass is 323 g/mol. The number of nitrogens with zero attached hydrogens (tertiary/aromatic N) is 1. The van der Waals surface area contributed by atoms with Crippen molar-refractivity contribution in [1.82, 2.24) is 4.90 Å². The number of amides is 1. The Kier molecular flexibility index (Phi) is 4.11. The molecule has 124 valence electrons. The van der Waals surface area contributed by atoms with E-state index in [2.05, 4.69) is 6.08 Å². The van der Waals surface area contributed by atoms with Crippen molar-refractivity contribution in [3.05, 3.63) is 66.1 Å². The van der Waals surface area contributed by atoms with Gasteiger partial charge in [-0.1, -0.05) is 36.4 Å². The average molecular weight is 323 g/mol. The van der Waals surface area contributed by atoms with E-state index in [-0.39, 0.29) is 18.2 Å². The molecule has 0 saturated carbocycles. The molecule has 1 aromatic carbocycles. The van der Waals surface area contributed by atoms with Crippen LogP contribution in [0.15, 0.2) is 59.2 Å². The zero-order valence-electron chi connectivity index (χ0n) is 13.6. The first-order valence-electron chi connectivity index (χ1n) is 8.55. The third kappa shape index (κ3) is 2.96. The highest BCUT2D eigenvalue weighted by Gasteiger charge is 2.38. The number of carbonyl (C=O) groups is 1. The average Bonchev–Trinajstić information content (AvgIpc) is 3.14. The molecule has 24 heavy (non-hydrogen) atoms. The fourth-order valence-electron chi connectivity index (χ4n) is 3.75. The van der Waals surface area contributed by atoms with E-state index < -0.39 is 0 Å². The van der Waals surface area contributed by atoms with E-state index in [1.54, 1.807) is 6.26 Å². The van der Waals surface area contributed by atoms with Gasteiger partial charge >= 0.3 is 6.09 Å². The van der Waals surface area contributed by atoms with Gasteiger partial charge in [-0.05, 0) is 49.0 Å². The zero-order chi connectivity index (χ0) is 16.4. The number of piperidine rings is 1. The zero-order valence-corrected chi connectivity index (χ0v) is 13.6. The smallest absolute Gasteiger partial charge is 0.410 e. The molecule has 0 aliphatic carbocycles. The molecule has 4 nitrogen and oxygen atoms in total. The maximum atomic E-state index is 12.6. The Morgan fingerprint density at radius 2 is 2.04 bits per heavy atom. The number of hydrogen-bond acceptors (Lipinski definition) is 3. The molecule has 2 atom stereocenters. The quantitative estimate of drug-likeness (QED) is 0.827. The number of hydrogen-bond donors (Lipinski definition) is 0. The summed E-state index contributed by atoms with van der Waals surface area (Å²) in [6.45, 7) is 0.324. The molecular formula is C20H21NO3. The molecule has 2 aliphatic rings. The molecule has 1 amide bonds. The van der Waals surface area contributed by atoms with Crippen molar-refractivity contribution in [2.45, 2.75) is 44.4 Å². The molecule has 4 heteroatoms. The van der Waals surface area contributed by atoms with Crippen LogP contribution in [-0.2, 0) is 11.3 Å². The summed E-state index contributed by atoms with van der Waals surface area (Å²) in [6, 6.07) is 14.0. The summed E-state index contributed by atoms with van der Waals surface area (Å²) in [6.07, 6.45) is 7.67. The van der Waals surface area contributed by atoms with Crippen LogP contribution in [0, 0.1) is 0 Å². The lowest BCUT2D eigenvalue weighted by molar-refractivity contribution is 0.0508. The molecule has 4 rings (SSSR count). The largest absolute Gasteiger partial charge is 0.465 e. The molecule has 0 radical (unpaired) electrons. The van der Waals surface area contributed by atoms with E-state index in [0.717, 1.165) is 37.0 Å². The molecule has 1 aromatic heterocycles. The topological polar surface area (TPSA) is 42.7 Å². The molecule has 2 bridgehead atoms. The van der Waals surface area contributed by atoms with Crippen molar-refractivity contribution in [2.75, 3.05) is 0 Å². The van der Waals surface area contributed by atoms with Crippen molar-refractivity contribution >= 4 is 11.7 Å². The van der Waals surface area contributed by atoms with Crippen molar-refractivity contribution in [2.24, 2.45) is 0 Å². The second kappa shape index (κ2) is 6.56. The fraction of sp³-hybridized carbons (Fsp3) is 0.350. The van der Waals surface area contributed by atoms with Crippen LogP contribution in [0.25, 0.3) is 5.57 Å². The molecule has 2 aliphatic heterocycles. The summed E-state index contributed by atoms with van der Waals surface area (Å²) in [5.41, 5.74) is 2.22. The molecule has 0 spiro atoms. The Morgan fingerprint density at radius 1 is 1.17 bits per heavy atom. The van der Waals surface area contributed by atoms with Gasteiger partial charge < -0.3 is 9.15 Å². The second-order valence-corrected chi connectivity index (χ2v) is 6.47. The second-order valence-electron chi connectivity index (χ2n) is 6.47. The number of carbonyl (C=O) groups excluding carboxylic acids is 1. The molecule has 1 fully saturated rings. The van der Waals surface area contributed by atoms with Crippen LogP contribution < -0.4 is 0 Å². The maximum absolute atomic E-state index is 12.6. The predicted octanol–water partition coefficient (Wildman–Crippen LogP) is 4.63. The molecule has 3 heterocycles. The highest BCUT2D eigenvalue weighted by atomic mass is 16.6. The van der Waals surface area contributed by atoms with Gasteiger partial charge in [0.1, 0.15) is 12.4 Å². The lowest BCUT2D eigenvalue weighted by atomic mass is 9.85. The van der Waals surface area contributed by atoms with Crippen LogP contribution >= 0.6 is 0 Å². The van der Waals surface area contributed by atoms with E-state index in [4.69, 9.17) is 9.15 Å². The van der Waals surface area contributed by atoms with Gasteiger partial charge in [0, 0.05) is 6.04 Å². The van der Waals surface area contributed by atoms with E-state index in [1.165, 1.54) is 5.57 Å². The third-order valence-corrected chi connectivity index (χ3v) is 4.89. The summed E-state index contributed by atoms with van der Waals surface area (Å²) in [5, 5.41) is 0. The van der Waals surface area contributed by atoms with Crippen LogP contribution in [0.3, 0.4) is 0 Å². The molecule has 1 saturated heterocycles. The van der Waals surface area contributed by atoms with Crippen molar-refractivity contribution in [3.63, 3.8) is 0 Å². The predicted molar refractivity (Wildman–Crippen MR) is 91.2 cm³/mol. The number of rotatable bonds is 3. The Balaban J connectivity index is 1.48. The standard InChI is InChI=1S/C20H21NO3/c22-20(24-14-15-6-2-1-3-7-15)21-17-8-4-9-18(21)13-16(12-17)19-10-5-11-23-19/h1-3,5-7,10-12,17-18H,4,8-9,13-14H2. The Bertz CT molecular complexity index is 721. The van der Waals surface area contributed by atoms with Gasteiger partial charge in [0.05, 0.1) is 12.3 Å². The normalized spacial score (nSPS) is 22.8. The third-order valence-electron chi connectivity index (χ3n) is 4.89. The van der Waals surface area contributed by atoms with Gasteiger partial charge in [-0.25, -0.2) is 4.79 Å². The van der Waals surface area contributed by atoms with Crippen LogP contribution in [0.1, 0.15) is 37.0 Å².